The largest absolute Gasteiger partial charge is 0.491 e. The van der Waals surface area contributed by atoms with Crippen molar-refractivity contribution in [2.45, 2.75) is 57.5 Å². The molecule has 184 valence electrons. The smallest absolute Gasteiger partial charge is 0.227 e. The highest BCUT2D eigenvalue weighted by Crippen LogP contribution is 2.40. The van der Waals surface area contributed by atoms with Crippen LogP contribution in [0, 0.1) is 0 Å². The highest BCUT2D eigenvalue weighted by Gasteiger charge is 2.38. The van der Waals surface area contributed by atoms with Crippen LogP contribution < -0.4 is 4.74 Å². The third kappa shape index (κ3) is 6.59. The standard InChI is InChI=1S/C30H33Cl2NO2/c1-22(2)35-26-11-6-10-24(18-26)19-29(34)33-17-7-15-30(21-33,16-14-23-8-4-3-5-9-23)25-12-13-27(31)28(32)20-25/h3-6,8-13,18,20,22H,7,14-17,19,21H2,1-2H3. The number of hydrogen-bond donors (Lipinski definition) is 0. The van der Waals surface area contributed by atoms with Crippen molar-refractivity contribution < 1.29 is 9.53 Å². The third-order valence-corrected chi connectivity index (χ3v) is 7.56. The van der Waals surface area contributed by atoms with Gasteiger partial charge in [-0.05, 0) is 80.5 Å². The number of hydrogen-bond acceptors (Lipinski definition) is 2. The minimum atomic E-state index is -0.166. The summed E-state index contributed by atoms with van der Waals surface area (Å²) in [4.78, 5) is 15.5. The van der Waals surface area contributed by atoms with Crippen molar-refractivity contribution in [3.63, 3.8) is 0 Å². The Morgan fingerprint density at radius 2 is 1.74 bits per heavy atom. The monoisotopic (exact) mass is 509 g/mol. The summed E-state index contributed by atoms with van der Waals surface area (Å²) in [6, 6.07) is 24.4. The summed E-state index contributed by atoms with van der Waals surface area (Å²) in [6.45, 7) is 5.46. The maximum absolute atomic E-state index is 13.5. The average molecular weight is 511 g/mol. The van der Waals surface area contributed by atoms with Crippen LogP contribution in [0.2, 0.25) is 10.0 Å². The summed E-state index contributed by atoms with van der Waals surface area (Å²) < 4.78 is 5.82. The van der Waals surface area contributed by atoms with Gasteiger partial charge < -0.3 is 9.64 Å². The summed E-state index contributed by atoms with van der Waals surface area (Å²) in [6.07, 6.45) is 4.32. The molecule has 0 saturated carbocycles. The van der Waals surface area contributed by atoms with Gasteiger partial charge in [0, 0.05) is 18.5 Å². The fourth-order valence-electron chi connectivity index (χ4n) is 5.07. The molecule has 4 rings (SSSR count). The van der Waals surface area contributed by atoms with Gasteiger partial charge in [0.05, 0.1) is 22.6 Å². The van der Waals surface area contributed by atoms with E-state index in [1.807, 2.05) is 61.2 Å². The fraction of sp³-hybridized carbons (Fsp3) is 0.367. The predicted molar refractivity (Wildman–Crippen MR) is 145 cm³/mol. The van der Waals surface area contributed by atoms with Crippen molar-refractivity contribution in [1.29, 1.82) is 0 Å². The lowest BCUT2D eigenvalue weighted by Gasteiger charge is -2.44. The van der Waals surface area contributed by atoms with Gasteiger partial charge in [-0.15, -0.1) is 0 Å². The molecule has 0 spiro atoms. The van der Waals surface area contributed by atoms with Gasteiger partial charge in [0.1, 0.15) is 5.75 Å². The molecular weight excluding hydrogens is 477 g/mol. The number of benzene rings is 3. The van der Waals surface area contributed by atoms with Crippen LogP contribution in [-0.2, 0) is 23.1 Å². The van der Waals surface area contributed by atoms with Crippen LogP contribution in [0.15, 0.2) is 72.8 Å². The van der Waals surface area contributed by atoms with Gasteiger partial charge >= 0.3 is 0 Å². The highest BCUT2D eigenvalue weighted by molar-refractivity contribution is 6.42. The van der Waals surface area contributed by atoms with Crippen LogP contribution in [0.25, 0.3) is 0 Å². The summed E-state index contributed by atoms with van der Waals surface area (Å²) in [7, 11) is 0. The Balaban J connectivity index is 1.55. The van der Waals surface area contributed by atoms with Crippen molar-refractivity contribution in [1.82, 2.24) is 4.90 Å². The maximum Gasteiger partial charge on any atom is 0.227 e. The zero-order valence-corrected chi connectivity index (χ0v) is 22.0. The molecule has 5 heteroatoms. The van der Waals surface area contributed by atoms with E-state index >= 15 is 0 Å². The molecule has 35 heavy (non-hydrogen) atoms. The number of ether oxygens (including phenoxy) is 1. The maximum atomic E-state index is 13.5. The number of carbonyl (C=O) groups excluding carboxylic acids is 1. The van der Waals surface area contributed by atoms with E-state index in [0.29, 0.717) is 23.0 Å². The predicted octanol–water partition coefficient (Wildman–Crippen LogP) is 7.52. The summed E-state index contributed by atoms with van der Waals surface area (Å²) in [5.74, 6) is 0.951. The molecule has 0 N–H and O–H groups in total. The summed E-state index contributed by atoms with van der Waals surface area (Å²) in [5.41, 5.74) is 3.27. The zero-order valence-electron chi connectivity index (χ0n) is 20.5. The van der Waals surface area contributed by atoms with Crippen molar-refractivity contribution in [3.8, 4) is 5.75 Å². The van der Waals surface area contributed by atoms with E-state index in [4.69, 9.17) is 27.9 Å². The quantitative estimate of drug-likeness (QED) is 0.314. The van der Waals surface area contributed by atoms with E-state index < -0.39 is 0 Å². The van der Waals surface area contributed by atoms with Crippen molar-refractivity contribution >= 4 is 29.1 Å². The van der Waals surface area contributed by atoms with E-state index in [2.05, 4.69) is 30.3 Å². The summed E-state index contributed by atoms with van der Waals surface area (Å²) >= 11 is 12.7. The Morgan fingerprint density at radius 3 is 2.49 bits per heavy atom. The highest BCUT2D eigenvalue weighted by atomic mass is 35.5. The normalized spacial score (nSPS) is 18.0. The molecule has 1 heterocycles. The zero-order chi connectivity index (χ0) is 24.8. The van der Waals surface area contributed by atoms with Gasteiger partial charge in [-0.3, -0.25) is 4.79 Å². The van der Waals surface area contributed by atoms with Crippen LogP contribution >= 0.6 is 23.2 Å². The Kier molecular flexibility index (Phi) is 8.41. The van der Waals surface area contributed by atoms with E-state index in [9.17, 15) is 4.79 Å². The topological polar surface area (TPSA) is 29.5 Å². The lowest BCUT2D eigenvalue weighted by Crippen LogP contribution is -2.49. The first kappa shape index (κ1) is 25.6. The van der Waals surface area contributed by atoms with Crippen molar-refractivity contribution in [3.05, 3.63) is 99.5 Å². The van der Waals surface area contributed by atoms with E-state index in [-0.39, 0.29) is 17.4 Å². The van der Waals surface area contributed by atoms with Gasteiger partial charge in [0.25, 0.3) is 0 Å². The molecule has 1 atom stereocenters. The second-order valence-corrected chi connectivity index (χ2v) is 10.6. The minimum Gasteiger partial charge on any atom is -0.491 e. The van der Waals surface area contributed by atoms with Crippen LogP contribution in [0.3, 0.4) is 0 Å². The Labute approximate surface area is 219 Å². The molecule has 1 saturated heterocycles. The minimum absolute atomic E-state index is 0.0967. The van der Waals surface area contributed by atoms with Gasteiger partial charge in [-0.1, -0.05) is 71.7 Å². The van der Waals surface area contributed by atoms with Gasteiger partial charge in [-0.2, -0.15) is 0 Å². The first-order chi connectivity index (χ1) is 16.8. The fourth-order valence-corrected chi connectivity index (χ4v) is 5.37. The van der Waals surface area contributed by atoms with Crippen LogP contribution in [0.4, 0.5) is 0 Å². The second kappa shape index (κ2) is 11.5. The molecule has 1 unspecified atom stereocenters. The van der Waals surface area contributed by atoms with E-state index in [0.717, 1.165) is 49.1 Å². The number of rotatable bonds is 8. The SMILES string of the molecule is CC(C)Oc1cccc(CC(=O)N2CCCC(CCc3ccccc3)(c3ccc(Cl)c(Cl)c3)C2)c1. The van der Waals surface area contributed by atoms with E-state index in [1.165, 1.54) is 5.56 Å². The van der Waals surface area contributed by atoms with Crippen molar-refractivity contribution in [2.24, 2.45) is 0 Å². The number of likely N-dealkylation sites (tertiary alicyclic amines) is 1. The Bertz CT molecular complexity index is 1150. The molecule has 0 aromatic heterocycles. The Morgan fingerprint density at radius 1 is 0.971 bits per heavy atom. The number of nitrogens with zero attached hydrogens (tertiary/aromatic N) is 1. The second-order valence-electron chi connectivity index (χ2n) is 9.80. The molecule has 0 radical (unpaired) electrons. The molecule has 0 aliphatic carbocycles. The Hall–Kier alpha value is -2.49. The molecule has 1 amide bonds. The lowest BCUT2D eigenvalue weighted by atomic mass is 9.70. The van der Waals surface area contributed by atoms with Gasteiger partial charge in [0.15, 0.2) is 0 Å². The molecule has 1 aliphatic heterocycles. The van der Waals surface area contributed by atoms with Gasteiger partial charge in [-0.25, -0.2) is 0 Å². The van der Waals surface area contributed by atoms with E-state index in [1.54, 1.807) is 0 Å². The number of halogens is 2. The van der Waals surface area contributed by atoms with Crippen LogP contribution in [0.1, 0.15) is 49.8 Å². The molecule has 3 aromatic carbocycles. The van der Waals surface area contributed by atoms with Gasteiger partial charge in [0.2, 0.25) is 5.91 Å². The third-order valence-electron chi connectivity index (χ3n) is 6.82. The molecule has 1 fully saturated rings. The molecule has 3 nitrogen and oxygen atoms in total. The number of piperidine rings is 1. The van der Waals surface area contributed by atoms with Crippen molar-refractivity contribution in [2.75, 3.05) is 13.1 Å². The molecular formula is C30H33Cl2NO2. The first-order valence-electron chi connectivity index (χ1n) is 12.4. The average Bonchev–Trinajstić information content (AvgIpc) is 2.85. The molecule has 1 aliphatic rings. The number of amides is 1. The number of aryl methyl sites for hydroxylation is 1. The lowest BCUT2D eigenvalue weighted by molar-refractivity contribution is -0.132. The molecule has 3 aromatic rings. The first-order valence-corrected chi connectivity index (χ1v) is 13.1. The summed E-state index contributed by atoms with van der Waals surface area (Å²) in [5, 5.41) is 1.12. The van der Waals surface area contributed by atoms with Crippen LogP contribution in [-0.4, -0.2) is 30.0 Å². The number of carbonyl (C=O) groups is 1. The van der Waals surface area contributed by atoms with Crippen LogP contribution in [0.5, 0.6) is 5.75 Å². The molecule has 0 bridgehead atoms.